The van der Waals surface area contributed by atoms with Crippen LogP contribution in [-0.4, -0.2) is 74.2 Å². The second-order valence-electron chi connectivity index (χ2n) is 5.36. The maximum absolute atomic E-state index is 12.5. The molecule has 2 aromatic heterocycles. The van der Waals surface area contributed by atoms with Gasteiger partial charge in [-0.2, -0.15) is 5.10 Å². The maximum Gasteiger partial charge on any atom is 0.317 e. The second-order valence-corrected chi connectivity index (χ2v) is 5.36. The number of aromatic nitrogens is 4. The summed E-state index contributed by atoms with van der Waals surface area (Å²) in [6.45, 7) is 4.57. The number of hydrogen-bond acceptors (Lipinski definition) is 5. The van der Waals surface area contributed by atoms with E-state index in [4.69, 9.17) is 0 Å². The minimum absolute atomic E-state index is 0.0801. The van der Waals surface area contributed by atoms with Crippen molar-refractivity contribution < 1.29 is 9.59 Å². The number of pyridine rings is 1. The summed E-state index contributed by atoms with van der Waals surface area (Å²) in [4.78, 5) is 35.9. The molecule has 9 nitrogen and oxygen atoms in total. The zero-order chi connectivity index (χ0) is 16.9. The SMILES string of the molecule is CCNC(=O)N1CCN(C(=O)c2ccc(-n3cncn3)nc2)CC1. The molecule has 0 atom stereocenters. The Labute approximate surface area is 139 Å². The summed E-state index contributed by atoms with van der Waals surface area (Å²) < 4.78 is 1.53. The Morgan fingerprint density at radius 1 is 1.17 bits per heavy atom. The van der Waals surface area contributed by atoms with Crippen LogP contribution in [0.25, 0.3) is 5.82 Å². The first-order valence-corrected chi connectivity index (χ1v) is 7.82. The van der Waals surface area contributed by atoms with Crippen molar-refractivity contribution in [3.63, 3.8) is 0 Å². The molecule has 0 aromatic carbocycles. The number of hydrogen-bond donors (Lipinski definition) is 1. The Balaban J connectivity index is 1.60. The van der Waals surface area contributed by atoms with E-state index in [9.17, 15) is 9.59 Å². The van der Waals surface area contributed by atoms with Gasteiger partial charge < -0.3 is 15.1 Å². The largest absolute Gasteiger partial charge is 0.338 e. The molecule has 0 bridgehead atoms. The van der Waals surface area contributed by atoms with E-state index in [0.717, 1.165) is 0 Å². The minimum Gasteiger partial charge on any atom is -0.338 e. The van der Waals surface area contributed by atoms with E-state index in [2.05, 4.69) is 20.4 Å². The Bertz CT molecular complexity index is 691. The van der Waals surface area contributed by atoms with Crippen molar-refractivity contribution in [2.75, 3.05) is 32.7 Å². The summed E-state index contributed by atoms with van der Waals surface area (Å²) in [6, 6.07) is 3.37. The van der Waals surface area contributed by atoms with Crippen LogP contribution in [0.5, 0.6) is 0 Å². The summed E-state index contributed by atoms with van der Waals surface area (Å²) in [5.41, 5.74) is 0.519. The molecular formula is C15H19N7O2. The van der Waals surface area contributed by atoms with Gasteiger partial charge in [-0.15, -0.1) is 0 Å². The number of carbonyl (C=O) groups is 2. The van der Waals surface area contributed by atoms with E-state index in [1.54, 1.807) is 28.3 Å². The summed E-state index contributed by atoms with van der Waals surface area (Å²) in [5.74, 6) is 0.522. The van der Waals surface area contributed by atoms with Gasteiger partial charge in [0.2, 0.25) is 0 Å². The van der Waals surface area contributed by atoms with Crippen molar-refractivity contribution in [3.05, 3.63) is 36.5 Å². The highest BCUT2D eigenvalue weighted by Gasteiger charge is 2.24. The van der Waals surface area contributed by atoms with Gasteiger partial charge in [-0.05, 0) is 19.1 Å². The number of urea groups is 1. The van der Waals surface area contributed by atoms with Crippen LogP contribution in [0.3, 0.4) is 0 Å². The minimum atomic E-state index is -0.0804. The van der Waals surface area contributed by atoms with Crippen LogP contribution in [0, 0.1) is 0 Å². The fraction of sp³-hybridized carbons (Fsp3) is 0.400. The van der Waals surface area contributed by atoms with Crippen molar-refractivity contribution in [1.29, 1.82) is 0 Å². The molecule has 0 aliphatic carbocycles. The standard InChI is InChI=1S/C15H19N7O2/c1-2-17-15(24)21-7-5-20(6-8-21)14(23)12-3-4-13(18-9-12)22-11-16-10-19-22/h3-4,9-11H,2,5-8H2,1H3,(H,17,24). The van der Waals surface area contributed by atoms with Crippen LogP contribution in [0.2, 0.25) is 0 Å². The Morgan fingerprint density at radius 3 is 2.50 bits per heavy atom. The molecule has 24 heavy (non-hydrogen) atoms. The van der Waals surface area contributed by atoms with Gasteiger partial charge in [0, 0.05) is 38.9 Å². The third kappa shape index (κ3) is 3.34. The number of nitrogens with one attached hydrogen (secondary N) is 1. The van der Waals surface area contributed by atoms with E-state index in [0.29, 0.717) is 44.1 Å². The Hall–Kier alpha value is -2.97. The van der Waals surface area contributed by atoms with Crippen LogP contribution in [-0.2, 0) is 0 Å². The lowest BCUT2D eigenvalue weighted by atomic mass is 10.2. The molecule has 0 saturated carbocycles. The molecule has 3 heterocycles. The number of piperazine rings is 1. The lowest BCUT2D eigenvalue weighted by molar-refractivity contribution is 0.0665. The van der Waals surface area contributed by atoms with Crippen molar-refractivity contribution in [3.8, 4) is 5.82 Å². The number of carbonyl (C=O) groups excluding carboxylic acids is 2. The third-order valence-electron chi connectivity index (χ3n) is 3.83. The van der Waals surface area contributed by atoms with Gasteiger partial charge in [0.1, 0.15) is 12.7 Å². The lowest BCUT2D eigenvalue weighted by Gasteiger charge is -2.34. The molecule has 0 radical (unpaired) electrons. The number of amides is 3. The Kier molecular flexibility index (Phi) is 4.69. The fourth-order valence-corrected chi connectivity index (χ4v) is 2.53. The van der Waals surface area contributed by atoms with Gasteiger partial charge in [-0.3, -0.25) is 4.79 Å². The first kappa shape index (κ1) is 15.9. The monoisotopic (exact) mass is 329 g/mol. The van der Waals surface area contributed by atoms with Gasteiger partial charge in [-0.25, -0.2) is 19.4 Å². The molecule has 3 rings (SSSR count). The topological polar surface area (TPSA) is 96.2 Å². The van der Waals surface area contributed by atoms with Crippen LogP contribution < -0.4 is 5.32 Å². The molecule has 0 spiro atoms. The predicted octanol–water partition coefficient (Wildman–Crippen LogP) is 0.150. The average Bonchev–Trinajstić information content (AvgIpc) is 3.16. The summed E-state index contributed by atoms with van der Waals surface area (Å²) in [7, 11) is 0. The molecule has 2 aromatic rings. The highest BCUT2D eigenvalue weighted by molar-refractivity contribution is 5.94. The molecule has 126 valence electrons. The quantitative estimate of drug-likeness (QED) is 0.865. The molecular weight excluding hydrogens is 310 g/mol. The van der Waals surface area contributed by atoms with Crippen molar-refractivity contribution >= 4 is 11.9 Å². The average molecular weight is 329 g/mol. The molecule has 1 fully saturated rings. The molecule has 1 aliphatic heterocycles. The number of nitrogens with zero attached hydrogens (tertiary/aromatic N) is 6. The van der Waals surface area contributed by atoms with E-state index in [-0.39, 0.29) is 11.9 Å². The van der Waals surface area contributed by atoms with Crippen molar-refractivity contribution in [1.82, 2.24) is 34.9 Å². The van der Waals surface area contributed by atoms with E-state index in [1.807, 2.05) is 6.92 Å². The lowest BCUT2D eigenvalue weighted by Crippen LogP contribution is -2.53. The van der Waals surface area contributed by atoms with E-state index >= 15 is 0 Å². The first-order valence-electron chi connectivity index (χ1n) is 7.82. The van der Waals surface area contributed by atoms with E-state index in [1.165, 1.54) is 17.2 Å². The van der Waals surface area contributed by atoms with Gasteiger partial charge in [0.15, 0.2) is 5.82 Å². The first-order chi connectivity index (χ1) is 11.7. The molecule has 1 saturated heterocycles. The summed E-state index contributed by atoms with van der Waals surface area (Å²) >= 11 is 0. The predicted molar refractivity (Wildman–Crippen MR) is 85.7 cm³/mol. The molecule has 3 amide bonds. The third-order valence-corrected chi connectivity index (χ3v) is 3.83. The Morgan fingerprint density at radius 2 is 1.92 bits per heavy atom. The summed E-state index contributed by atoms with van der Waals surface area (Å²) in [5, 5.41) is 6.77. The molecule has 9 heteroatoms. The van der Waals surface area contributed by atoms with Crippen LogP contribution in [0.15, 0.2) is 31.0 Å². The zero-order valence-corrected chi connectivity index (χ0v) is 13.4. The maximum atomic E-state index is 12.5. The van der Waals surface area contributed by atoms with Crippen LogP contribution in [0.4, 0.5) is 4.79 Å². The van der Waals surface area contributed by atoms with E-state index < -0.39 is 0 Å². The fourth-order valence-electron chi connectivity index (χ4n) is 2.53. The smallest absolute Gasteiger partial charge is 0.317 e. The highest BCUT2D eigenvalue weighted by atomic mass is 16.2. The van der Waals surface area contributed by atoms with Gasteiger partial charge in [0.25, 0.3) is 5.91 Å². The summed E-state index contributed by atoms with van der Waals surface area (Å²) in [6.07, 6.45) is 4.51. The van der Waals surface area contributed by atoms with Gasteiger partial charge >= 0.3 is 6.03 Å². The molecule has 0 unspecified atom stereocenters. The highest BCUT2D eigenvalue weighted by Crippen LogP contribution is 2.10. The number of rotatable bonds is 3. The zero-order valence-electron chi connectivity index (χ0n) is 13.4. The van der Waals surface area contributed by atoms with Crippen LogP contribution in [0.1, 0.15) is 17.3 Å². The molecule has 1 aliphatic rings. The van der Waals surface area contributed by atoms with Crippen molar-refractivity contribution in [2.24, 2.45) is 0 Å². The molecule has 1 N–H and O–H groups in total. The van der Waals surface area contributed by atoms with Crippen molar-refractivity contribution in [2.45, 2.75) is 6.92 Å². The van der Waals surface area contributed by atoms with Gasteiger partial charge in [0.05, 0.1) is 5.56 Å². The normalized spacial score (nSPS) is 14.5. The van der Waals surface area contributed by atoms with Gasteiger partial charge in [-0.1, -0.05) is 0 Å². The second kappa shape index (κ2) is 7.07. The van der Waals surface area contributed by atoms with Crippen LogP contribution >= 0.6 is 0 Å².